The Labute approximate surface area is 375 Å². The van der Waals surface area contributed by atoms with Gasteiger partial charge in [0, 0.05) is 77.9 Å². The molecule has 1 unspecified atom stereocenters. The van der Waals surface area contributed by atoms with Gasteiger partial charge in [0.1, 0.15) is 0 Å². The number of aryl methyl sites for hydroxylation is 2. The zero-order valence-corrected chi connectivity index (χ0v) is 37.5. The number of benzene rings is 2. The Morgan fingerprint density at radius 3 is 2.23 bits per heavy atom. The lowest BCUT2D eigenvalue weighted by molar-refractivity contribution is -0.169. The first-order valence-electron chi connectivity index (χ1n) is 22.1. The van der Waals surface area contributed by atoms with Crippen LogP contribution in [0.4, 0.5) is 20.1 Å². The monoisotopic (exact) mass is 893 g/mol. The van der Waals surface area contributed by atoms with Crippen LogP contribution in [0.5, 0.6) is 0 Å². The lowest BCUT2D eigenvalue weighted by Gasteiger charge is -2.38. The number of piperidine rings is 2. The van der Waals surface area contributed by atoms with Crippen molar-refractivity contribution in [3.63, 3.8) is 0 Å². The fourth-order valence-corrected chi connectivity index (χ4v) is 8.55. The number of ether oxygens (including phenoxy) is 4. The summed E-state index contributed by atoms with van der Waals surface area (Å²) in [6, 6.07) is 11.4. The molecule has 3 fully saturated rings. The second-order valence-corrected chi connectivity index (χ2v) is 17.0. The van der Waals surface area contributed by atoms with Gasteiger partial charge in [-0.05, 0) is 101 Å². The second-order valence-electron chi connectivity index (χ2n) is 17.0. The third-order valence-corrected chi connectivity index (χ3v) is 12.2. The van der Waals surface area contributed by atoms with Gasteiger partial charge in [-0.2, -0.15) is 0 Å². The standard InChI is InChI=1S/C32H40N6O6.C13H23NO5.CH4/c1-21-18-22(19-26-28(21)35(3)31(41)43-26)20-27(29(39)36-16-14-34(2)15-17-36)44-32(42)37-11-9-24(10-12-37)38-13-8-23-6-4-5-7-25(23)33-30(38)40;1-4-17-13(16)19-11(3)18-12(15)9-14-7-5-10(2)6-8-14;/h4-7,18-19,24,27H,8-17,20H2,1-3H3,(H,33,40);10-11H,4-9H2,1-3H3;1H4/t27-;;/m1../s1. The maximum atomic E-state index is 13.7. The van der Waals surface area contributed by atoms with Crippen LogP contribution >= 0.6 is 0 Å². The van der Waals surface area contributed by atoms with Crippen LogP contribution in [0, 0.1) is 12.8 Å². The first kappa shape index (κ1) is 49.4. The molecule has 7 rings (SSSR count). The zero-order valence-electron chi connectivity index (χ0n) is 37.5. The van der Waals surface area contributed by atoms with Gasteiger partial charge in [-0.3, -0.25) is 19.1 Å². The quantitative estimate of drug-likeness (QED) is 0.159. The lowest BCUT2D eigenvalue weighted by Crippen LogP contribution is -2.53. The summed E-state index contributed by atoms with van der Waals surface area (Å²) < 4.78 is 27.2. The molecule has 5 heterocycles. The van der Waals surface area contributed by atoms with Crippen LogP contribution in [0.2, 0.25) is 0 Å². The number of hydrogen-bond acceptors (Lipinski definition) is 13. The normalized spacial score (nSPS) is 18.6. The number of carbonyl (C=O) groups excluding carboxylic acids is 5. The summed E-state index contributed by atoms with van der Waals surface area (Å²) in [5.74, 6) is -0.346. The highest BCUT2D eigenvalue weighted by atomic mass is 16.8. The van der Waals surface area contributed by atoms with E-state index >= 15 is 0 Å². The van der Waals surface area contributed by atoms with E-state index in [0.29, 0.717) is 56.7 Å². The number of anilines is 1. The molecule has 0 spiro atoms. The molecule has 0 saturated carbocycles. The van der Waals surface area contributed by atoms with Gasteiger partial charge in [-0.1, -0.05) is 38.6 Å². The number of rotatable bonds is 10. The molecule has 2 atom stereocenters. The minimum atomic E-state index is -1.02. The highest BCUT2D eigenvalue weighted by molar-refractivity contribution is 5.91. The number of hydrogen-bond donors (Lipinski definition) is 1. The molecule has 1 N–H and O–H groups in total. The van der Waals surface area contributed by atoms with E-state index in [1.165, 1.54) is 11.5 Å². The number of piperazine rings is 1. The fraction of sp³-hybridized carbons (Fsp3) is 0.609. The number of nitrogens with zero attached hydrogens (tertiary/aromatic N) is 6. The van der Waals surface area contributed by atoms with Crippen LogP contribution in [-0.4, -0.2) is 157 Å². The molecule has 0 aliphatic carbocycles. The first-order valence-corrected chi connectivity index (χ1v) is 22.1. The van der Waals surface area contributed by atoms with Crippen molar-refractivity contribution >= 4 is 46.9 Å². The highest BCUT2D eigenvalue weighted by Gasteiger charge is 2.35. The predicted octanol–water partition coefficient (Wildman–Crippen LogP) is 5.23. The van der Waals surface area contributed by atoms with E-state index in [-0.39, 0.29) is 50.9 Å². The second kappa shape index (κ2) is 22.8. The van der Waals surface area contributed by atoms with Crippen molar-refractivity contribution < 1.29 is 47.3 Å². The molecule has 0 radical (unpaired) electrons. The minimum absolute atomic E-state index is 0. The number of para-hydroxylation sites is 1. The molecule has 4 amide bonds. The van der Waals surface area contributed by atoms with E-state index in [1.807, 2.05) is 49.2 Å². The number of nitrogens with one attached hydrogen (secondary N) is 1. The molecule has 64 heavy (non-hydrogen) atoms. The van der Waals surface area contributed by atoms with Gasteiger partial charge in [-0.25, -0.2) is 19.2 Å². The average molecular weight is 894 g/mol. The van der Waals surface area contributed by atoms with Crippen molar-refractivity contribution in [3.8, 4) is 0 Å². The predicted molar refractivity (Wildman–Crippen MR) is 240 cm³/mol. The third-order valence-electron chi connectivity index (χ3n) is 12.2. The van der Waals surface area contributed by atoms with Crippen LogP contribution in [0.1, 0.15) is 70.6 Å². The number of amides is 4. The summed E-state index contributed by atoms with van der Waals surface area (Å²) in [5, 5.41) is 3.03. The van der Waals surface area contributed by atoms with Crippen molar-refractivity contribution in [1.82, 2.24) is 29.1 Å². The van der Waals surface area contributed by atoms with Gasteiger partial charge in [0.15, 0.2) is 11.7 Å². The number of aromatic nitrogens is 1. The van der Waals surface area contributed by atoms with Crippen LogP contribution in [0.15, 0.2) is 45.6 Å². The third kappa shape index (κ3) is 13.0. The molecule has 18 nitrogen and oxygen atoms in total. The Kier molecular flexibility index (Phi) is 17.6. The number of likely N-dealkylation sites (tertiary alicyclic amines) is 2. The molecule has 2 aromatic carbocycles. The van der Waals surface area contributed by atoms with E-state index in [9.17, 15) is 28.8 Å². The molecular weight excluding hydrogens is 827 g/mol. The van der Waals surface area contributed by atoms with Crippen molar-refractivity contribution in [1.29, 1.82) is 0 Å². The molecule has 3 saturated heterocycles. The Morgan fingerprint density at radius 1 is 0.859 bits per heavy atom. The maximum Gasteiger partial charge on any atom is 0.511 e. The Balaban J connectivity index is 0.000000326. The SMILES string of the molecule is C.CCOC(=O)OC(C)OC(=O)CN1CCC(C)CC1.Cc1cc(C[C@@H](OC(=O)N2CCC(N3CCc4ccccc4NC3=O)CC2)C(=O)N2CCN(C)CC2)cc2oc(=O)n(C)c12. The number of oxazole rings is 1. The minimum Gasteiger partial charge on any atom is -0.436 e. The van der Waals surface area contributed by atoms with Gasteiger partial charge in [0.25, 0.3) is 5.91 Å². The van der Waals surface area contributed by atoms with Crippen LogP contribution in [0.25, 0.3) is 11.1 Å². The average Bonchev–Trinajstić information content (AvgIpc) is 3.43. The smallest absolute Gasteiger partial charge is 0.436 e. The number of esters is 1. The van der Waals surface area contributed by atoms with Crippen LogP contribution in [-0.2, 0) is 48.4 Å². The number of likely N-dealkylation sites (N-methyl/N-ethyl adjacent to an activating group) is 1. The number of urea groups is 1. The summed E-state index contributed by atoms with van der Waals surface area (Å²) >= 11 is 0. The van der Waals surface area contributed by atoms with Gasteiger partial charge in [-0.15, -0.1) is 0 Å². The summed E-state index contributed by atoms with van der Waals surface area (Å²) in [6.07, 6.45) is 1.08. The van der Waals surface area contributed by atoms with Crippen molar-refractivity contribution in [2.24, 2.45) is 13.0 Å². The summed E-state index contributed by atoms with van der Waals surface area (Å²) in [5.41, 5.74) is 4.68. The van der Waals surface area contributed by atoms with E-state index in [4.69, 9.17) is 18.6 Å². The fourth-order valence-electron chi connectivity index (χ4n) is 8.55. The Bertz CT molecular complexity index is 2130. The summed E-state index contributed by atoms with van der Waals surface area (Å²) in [6.45, 7) is 13.6. The number of carbonyl (C=O) groups is 5. The lowest BCUT2D eigenvalue weighted by atomic mass is 9.99. The first-order chi connectivity index (χ1) is 30.2. The summed E-state index contributed by atoms with van der Waals surface area (Å²) in [4.78, 5) is 84.5. The van der Waals surface area contributed by atoms with E-state index < -0.39 is 30.4 Å². The van der Waals surface area contributed by atoms with Gasteiger partial charge in [0.05, 0.1) is 18.7 Å². The number of fused-ring (bicyclic) bond motifs is 2. The van der Waals surface area contributed by atoms with E-state index in [1.54, 1.807) is 29.8 Å². The molecule has 352 valence electrons. The zero-order chi connectivity index (χ0) is 45.2. The van der Waals surface area contributed by atoms with Crippen molar-refractivity contribution in [3.05, 3.63) is 63.6 Å². The molecule has 4 aliphatic heterocycles. The van der Waals surface area contributed by atoms with E-state index in [2.05, 4.69) is 26.8 Å². The van der Waals surface area contributed by atoms with Crippen molar-refractivity contribution in [2.45, 2.75) is 92.1 Å². The summed E-state index contributed by atoms with van der Waals surface area (Å²) in [7, 11) is 3.67. The van der Waals surface area contributed by atoms with Gasteiger partial charge >= 0.3 is 30.0 Å². The topological polar surface area (TPSA) is 186 Å². The Morgan fingerprint density at radius 2 is 1.55 bits per heavy atom. The van der Waals surface area contributed by atoms with Crippen LogP contribution in [0.3, 0.4) is 0 Å². The van der Waals surface area contributed by atoms with Gasteiger partial charge < -0.3 is 48.3 Å². The molecular formula is C46H67N7O11. The molecule has 0 bridgehead atoms. The largest absolute Gasteiger partial charge is 0.511 e. The Hall–Kier alpha value is -5.62. The maximum absolute atomic E-state index is 13.7. The molecule has 3 aromatic rings. The molecule has 4 aliphatic rings. The molecule has 18 heteroatoms. The van der Waals surface area contributed by atoms with Crippen LogP contribution < -0.4 is 11.1 Å². The molecule has 1 aromatic heterocycles. The highest BCUT2D eigenvalue weighted by Crippen LogP contribution is 2.26. The van der Waals surface area contributed by atoms with Crippen molar-refractivity contribution in [2.75, 3.05) is 84.4 Å². The van der Waals surface area contributed by atoms with Gasteiger partial charge in [0.2, 0.25) is 6.29 Å². The van der Waals surface area contributed by atoms with E-state index in [0.717, 1.165) is 73.7 Å².